The summed E-state index contributed by atoms with van der Waals surface area (Å²) in [5.41, 5.74) is 6.53. The molecule has 0 radical (unpaired) electrons. The predicted octanol–water partition coefficient (Wildman–Crippen LogP) is 11.5. The highest BCUT2D eigenvalue weighted by molar-refractivity contribution is 8.00. The minimum atomic E-state index is -0.783. The molecule has 7 aromatic carbocycles. The average Bonchev–Trinajstić information content (AvgIpc) is 3.45. The van der Waals surface area contributed by atoms with Gasteiger partial charge in [-0.3, -0.25) is 0 Å². The molecule has 0 bridgehead atoms. The molecule has 11 heteroatoms. The van der Waals surface area contributed by atoms with Crippen molar-refractivity contribution in [3.63, 3.8) is 0 Å². The molecule has 2 heterocycles. The maximum Gasteiger partial charge on any atom is 0.172 e. The van der Waals surface area contributed by atoms with Crippen LogP contribution in [0.25, 0.3) is 0 Å². The standard InChI is InChI=1S/C62H66O10S/c1-63-61-60(58(69-42-51-33-19-7-20-34-51)56(67-40-49-29-15-5-16-30-49)53(71-61)44-64-37-46-23-9-2-10-24-46)73-62-59(70-43-52-35-21-8-22-36-52)57(68-41-50-31-17-6-18-32-50)55(66-39-48-27-13-4-14-28-48)54(72-62)45-65-38-47-25-11-3-12-26-47/h2-36,53-62H,37-45H2,1H3/t53-,54-,55-,56-,57+,58+,59-,60-,61-,62-/m1/s1. The molecule has 380 valence electrons. The SMILES string of the molecule is CO[C@@H]1O[C@H](COCc2ccccc2)[C@@H](OCc2ccccc2)[C@H](OCc2ccccc2)[C@H]1S[C@H]1O[C@H](COCc2ccccc2)[C@@H](OCc2ccccc2)[C@H](OCc2ccccc2)[C@H]1OCc1ccccc1. The first-order valence-corrected chi connectivity index (χ1v) is 26.1. The quantitative estimate of drug-likeness (QED) is 0.0519. The summed E-state index contributed by atoms with van der Waals surface area (Å²) < 4.78 is 69.2. The van der Waals surface area contributed by atoms with Crippen LogP contribution in [0.1, 0.15) is 38.9 Å². The number of rotatable bonds is 26. The Kier molecular flexibility index (Phi) is 20.3. The second kappa shape index (κ2) is 28.2. The van der Waals surface area contributed by atoms with Crippen LogP contribution in [0.2, 0.25) is 0 Å². The third-order valence-electron chi connectivity index (χ3n) is 12.9. The van der Waals surface area contributed by atoms with Gasteiger partial charge in [0.15, 0.2) is 6.29 Å². The second-order valence-corrected chi connectivity index (χ2v) is 19.5. The first kappa shape index (κ1) is 52.4. The van der Waals surface area contributed by atoms with E-state index in [0.717, 1.165) is 38.9 Å². The Balaban J connectivity index is 1.09. The van der Waals surface area contributed by atoms with E-state index in [0.29, 0.717) is 46.2 Å². The molecule has 0 aromatic heterocycles. The van der Waals surface area contributed by atoms with Gasteiger partial charge in [0.1, 0.15) is 48.2 Å². The molecule has 10 atom stereocenters. The van der Waals surface area contributed by atoms with Crippen molar-refractivity contribution in [2.75, 3.05) is 20.3 Å². The Hall–Kier alpha value is -5.51. The van der Waals surface area contributed by atoms with Crippen LogP contribution in [0.5, 0.6) is 0 Å². The van der Waals surface area contributed by atoms with E-state index in [-0.39, 0.29) is 13.2 Å². The zero-order valence-electron chi connectivity index (χ0n) is 41.3. The van der Waals surface area contributed by atoms with E-state index in [2.05, 4.69) is 84.9 Å². The van der Waals surface area contributed by atoms with Gasteiger partial charge in [0.05, 0.1) is 64.7 Å². The fourth-order valence-corrected chi connectivity index (χ4v) is 10.7. The smallest absolute Gasteiger partial charge is 0.172 e. The maximum atomic E-state index is 7.40. The van der Waals surface area contributed by atoms with Gasteiger partial charge in [-0.05, 0) is 38.9 Å². The molecule has 2 aliphatic rings. The lowest BCUT2D eigenvalue weighted by Crippen LogP contribution is -2.63. The second-order valence-electron chi connectivity index (χ2n) is 18.2. The Bertz CT molecular complexity index is 2570. The molecule has 0 saturated carbocycles. The van der Waals surface area contributed by atoms with Gasteiger partial charge < -0.3 is 47.4 Å². The van der Waals surface area contributed by atoms with Crippen molar-refractivity contribution in [2.45, 2.75) is 106 Å². The number of hydrogen-bond acceptors (Lipinski definition) is 11. The molecule has 2 fully saturated rings. The van der Waals surface area contributed by atoms with Gasteiger partial charge in [0, 0.05) is 7.11 Å². The fourth-order valence-electron chi connectivity index (χ4n) is 9.15. The number of hydrogen-bond donors (Lipinski definition) is 0. The van der Waals surface area contributed by atoms with Gasteiger partial charge in [-0.1, -0.05) is 212 Å². The van der Waals surface area contributed by atoms with E-state index in [1.165, 1.54) is 0 Å². The molecule has 73 heavy (non-hydrogen) atoms. The van der Waals surface area contributed by atoms with Gasteiger partial charge in [-0.2, -0.15) is 0 Å². The summed E-state index contributed by atoms with van der Waals surface area (Å²) in [5.74, 6) is 0. The highest BCUT2D eigenvalue weighted by Crippen LogP contribution is 2.43. The van der Waals surface area contributed by atoms with Gasteiger partial charge in [0.2, 0.25) is 0 Å². The molecule has 9 rings (SSSR count). The lowest BCUT2D eigenvalue weighted by atomic mass is 9.98. The van der Waals surface area contributed by atoms with Crippen LogP contribution < -0.4 is 0 Å². The van der Waals surface area contributed by atoms with Crippen LogP contribution in [0.3, 0.4) is 0 Å². The molecule has 7 aromatic rings. The largest absolute Gasteiger partial charge is 0.374 e. The van der Waals surface area contributed by atoms with E-state index in [1.54, 1.807) is 18.9 Å². The van der Waals surface area contributed by atoms with Crippen LogP contribution in [0, 0.1) is 0 Å². The van der Waals surface area contributed by atoms with E-state index in [9.17, 15) is 0 Å². The molecule has 0 N–H and O–H groups in total. The Morgan fingerprint density at radius 2 is 0.616 bits per heavy atom. The van der Waals surface area contributed by atoms with E-state index in [4.69, 9.17) is 47.4 Å². The third kappa shape index (κ3) is 15.5. The summed E-state index contributed by atoms with van der Waals surface area (Å²) in [6.45, 7) is 2.81. The highest BCUT2D eigenvalue weighted by Gasteiger charge is 2.54. The lowest BCUT2D eigenvalue weighted by molar-refractivity contribution is -0.270. The molecule has 0 aliphatic carbocycles. The van der Waals surface area contributed by atoms with E-state index in [1.807, 2.05) is 127 Å². The van der Waals surface area contributed by atoms with Crippen molar-refractivity contribution in [3.05, 3.63) is 251 Å². The number of thioether (sulfide) groups is 1. The van der Waals surface area contributed by atoms with E-state index < -0.39 is 59.7 Å². The zero-order chi connectivity index (χ0) is 49.7. The first-order valence-electron chi connectivity index (χ1n) is 25.2. The Labute approximate surface area is 434 Å². The Morgan fingerprint density at radius 1 is 0.329 bits per heavy atom. The summed E-state index contributed by atoms with van der Waals surface area (Å²) in [7, 11) is 1.67. The number of ether oxygens (including phenoxy) is 10. The van der Waals surface area contributed by atoms with Crippen LogP contribution in [0.15, 0.2) is 212 Å². The van der Waals surface area contributed by atoms with Gasteiger partial charge in [-0.15, -0.1) is 11.8 Å². The lowest BCUT2D eigenvalue weighted by Gasteiger charge is -2.50. The summed E-state index contributed by atoms with van der Waals surface area (Å²) in [5, 5.41) is -0.518. The number of benzene rings is 7. The Morgan fingerprint density at radius 3 is 0.973 bits per heavy atom. The molecule has 0 unspecified atom stereocenters. The average molecular weight is 1000 g/mol. The van der Waals surface area contributed by atoms with Gasteiger partial charge >= 0.3 is 0 Å². The summed E-state index contributed by atoms with van der Waals surface area (Å²) in [6, 6.07) is 71.1. The minimum absolute atomic E-state index is 0.217. The minimum Gasteiger partial charge on any atom is -0.374 e. The highest BCUT2D eigenvalue weighted by atomic mass is 32.2. The third-order valence-corrected chi connectivity index (χ3v) is 14.4. The first-order chi connectivity index (χ1) is 36.2. The summed E-state index contributed by atoms with van der Waals surface area (Å²) >= 11 is 1.55. The molecule has 0 spiro atoms. The molecular formula is C62H66O10S. The summed E-state index contributed by atoms with van der Waals surface area (Å²) in [6.07, 6.45) is -5.07. The van der Waals surface area contributed by atoms with Gasteiger partial charge in [0.25, 0.3) is 0 Å². The summed E-state index contributed by atoms with van der Waals surface area (Å²) in [4.78, 5) is 0. The molecular weight excluding hydrogens is 937 g/mol. The molecule has 2 saturated heterocycles. The van der Waals surface area contributed by atoms with Crippen molar-refractivity contribution in [1.29, 1.82) is 0 Å². The zero-order valence-corrected chi connectivity index (χ0v) is 42.2. The van der Waals surface area contributed by atoms with Crippen molar-refractivity contribution in [2.24, 2.45) is 0 Å². The van der Waals surface area contributed by atoms with Crippen LogP contribution >= 0.6 is 11.8 Å². The van der Waals surface area contributed by atoms with Crippen LogP contribution in [0.4, 0.5) is 0 Å². The predicted molar refractivity (Wildman–Crippen MR) is 283 cm³/mol. The van der Waals surface area contributed by atoms with Crippen LogP contribution in [-0.2, 0) is 93.6 Å². The topological polar surface area (TPSA) is 92.3 Å². The maximum absolute atomic E-state index is 7.40. The van der Waals surface area contributed by atoms with Crippen molar-refractivity contribution >= 4 is 11.8 Å². The molecule has 2 aliphatic heterocycles. The fraction of sp³-hybridized carbons (Fsp3) is 0.323. The van der Waals surface area contributed by atoms with Gasteiger partial charge in [-0.25, -0.2) is 0 Å². The van der Waals surface area contributed by atoms with Crippen molar-refractivity contribution in [1.82, 2.24) is 0 Å². The van der Waals surface area contributed by atoms with E-state index >= 15 is 0 Å². The molecule has 10 nitrogen and oxygen atoms in total. The van der Waals surface area contributed by atoms with Crippen molar-refractivity contribution in [3.8, 4) is 0 Å². The monoisotopic (exact) mass is 1000 g/mol. The van der Waals surface area contributed by atoms with Crippen LogP contribution in [-0.4, -0.2) is 80.0 Å². The number of methoxy groups -OCH3 is 1. The molecule has 0 amide bonds. The normalized spacial score (nSPS) is 24.0. The van der Waals surface area contributed by atoms with Crippen molar-refractivity contribution < 1.29 is 47.4 Å².